The van der Waals surface area contributed by atoms with Crippen LogP contribution < -0.4 is 0 Å². The van der Waals surface area contributed by atoms with E-state index in [1.165, 1.54) is 23.8 Å². The molecule has 0 spiro atoms. The van der Waals surface area contributed by atoms with Gasteiger partial charge < -0.3 is 9.72 Å². The predicted octanol–water partition coefficient (Wildman–Crippen LogP) is 6.05. The van der Waals surface area contributed by atoms with Crippen LogP contribution in [0.5, 0.6) is 0 Å². The Morgan fingerprint density at radius 2 is 1.73 bits per heavy atom. The number of H-pyrrole nitrogens is 1. The molecule has 0 saturated heterocycles. The Morgan fingerprint density at radius 3 is 2.53 bits per heavy atom. The fraction of sp³-hybridized carbons (Fsp3) is 0.333. The molecule has 2 heterocycles. The van der Waals surface area contributed by atoms with Crippen LogP contribution in [0.3, 0.4) is 0 Å². The molecule has 0 amide bonds. The van der Waals surface area contributed by atoms with Gasteiger partial charge in [-0.2, -0.15) is 0 Å². The van der Waals surface area contributed by atoms with Gasteiger partial charge in [-0.25, -0.2) is 13.8 Å². The quantitative estimate of drug-likeness (QED) is 0.448. The van der Waals surface area contributed by atoms with E-state index in [1.54, 1.807) is 25.3 Å². The summed E-state index contributed by atoms with van der Waals surface area (Å²) in [5.41, 5.74) is 3.44. The van der Waals surface area contributed by atoms with Gasteiger partial charge in [-0.05, 0) is 79.5 Å². The molecule has 154 valence electrons. The number of pyridine rings is 1. The van der Waals surface area contributed by atoms with Crippen LogP contribution in [0.2, 0.25) is 0 Å². The van der Waals surface area contributed by atoms with Crippen molar-refractivity contribution in [3.63, 3.8) is 0 Å². The highest BCUT2D eigenvalue weighted by Crippen LogP contribution is 2.43. The summed E-state index contributed by atoms with van der Waals surface area (Å²) in [6.07, 6.45) is 5.60. The van der Waals surface area contributed by atoms with Gasteiger partial charge in [0.1, 0.15) is 23.6 Å². The third-order valence-corrected chi connectivity index (χ3v) is 6.36. The molecule has 0 radical (unpaired) electrons. The molecule has 0 bridgehead atoms. The van der Waals surface area contributed by atoms with Gasteiger partial charge in [0, 0.05) is 24.8 Å². The molecule has 1 N–H and O–H groups in total. The van der Waals surface area contributed by atoms with Crippen LogP contribution in [-0.2, 0) is 4.74 Å². The van der Waals surface area contributed by atoms with Gasteiger partial charge in [-0.1, -0.05) is 0 Å². The van der Waals surface area contributed by atoms with Crippen LogP contribution in [0.1, 0.15) is 49.1 Å². The van der Waals surface area contributed by atoms with Gasteiger partial charge in [0.2, 0.25) is 0 Å². The number of rotatable bonds is 4. The lowest BCUT2D eigenvalue weighted by molar-refractivity contribution is 0.0274. The number of halogens is 2. The van der Waals surface area contributed by atoms with Crippen LogP contribution in [0.25, 0.3) is 21.9 Å². The molecular formula is C24H23F2N3O. The number of hydrogen-bond acceptors (Lipinski definition) is 3. The first-order valence-corrected chi connectivity index (χ1v) is 10.3. The third-order valence-electron chi connectivity index (χ3n) is 6.36. The maximum absolute atomic E-state index is 13.8. The highest BCUT2D eigenvalue weighted by Gasteiger charge is 2.31. The second-order valence-electron chi connectivity index (χ2n) is 8.11. The van der Waals surface area contributed by atoms with Crippen LogP contribution in [0.15, 0.2) is 48.7 Å². The molecule has 4 nitrogen and oxygen atoms in total. The summed E-state index contributed by atoms with van der Waals surface area (Å²) in [5, 5.41) is 0.906. The molecule has 4 aromatic rings. The number of nitrogens with one attached hydrogen (secondary N) is 1. The highest BCUT2D eigenvalue weighted by molar-refractivity contribution is 5.82. The van der Waals surface area contributed by atoms with Crippen molar-refractivity contribution in [3.8, 4) is 0 Å². The summed E-state index contributed by atoms with van der Waals surface area (Å²) >= 11 is 0. The Hall–Kier alpha value is -2.86. The molecule has 1 aliphatic carbocycles. The monoisotopic (exact) mass is 407 g/mol. The number of methoxy groups -OCH3 is 1. The topological polar surface area (TPSA) is 50.8 Å². The molecule has 2 aromatic carbocycles. The van der Waals surface area contributed by atoms with E-state index in [4.69, 9.17) is 4.74 Å². The maximum atomic E-state index is 13.8. The molecule has 2 aromatic heterocycles. The molecule has 1 saturated carbocycles. The standard InChI is InChI=1S/C24H23F2N3O/c1-30-23(24-28-21-9-7-17(26)13-22(21)29-24)15-4-2-14(3-5-15)18-10-11-27-20-8-6-16(25)12-19(18)20/h6-15,23H,2-5H2,1H3,(H,28,29)/t14?,15?,23-/m1/s1. The molecule has 30 heavy (non-hydrogen) atoms. The minimum Gasteiger partial charge on any atom is -0.373 e. The summed E-state index contributed by atoms with van der Waals surface area (Å²) in [6.45, 7) is 0. The van der Waals surface area contributed by atoms with Crippen molar-refractivity contribution in [2.45, 2.75) is 37.7 Å². The zero-order chi connectivity index (χ0) is 20.7. The number of benzene rings is 2. The average molecular weight is 407 g/mol. The van der Waals surface area contributed by atoms with E-state index < -0.39 is 0 Å². The summed E-state index contributed by atoms with van der Waals surface area (Å²) in [5.74, 6) is 0.914. The van der Waals surface area contributed by atoms with Crippen LogP contribution >= 0.6 is 0 Å². The van der Waals surface area contributed by atoms with Crippen molar-refractivity contribution in [2.75, 3.05) is 7.11 Å². The number of nitrogens with zero attached hydrogens (tertiary/aromatic N) is 2. The summed E-state index contributed by atoms with van der Waals surface area (Å²) in [7, 11) is 1.70. The fourth-order valence-electron chi connectivity index (χ4n) is 4.89. The van der Waals surface area contributed by atoms with Crippen molar-refractivity contribution < 1.29 is 13.5 Å². The van der Waals surface area contributed by atoms with E-state index in [9.17, 15) is 8.78 Å². The first kappa shape index (κ1) is 19.1. The average Bonchev–Trinajstić information content (AvgIpc) is 3.17. The second-order valence-corrected chi connectivity index (χ2v) is 8.11. The number of aromatic amines is 1. The normalized spacial score (nSPS) is 20.6. The van der Waals surface area contributed by atoms with Crippen molar-refractivity contribution >= 4 is 21.9 Å². The van der Waals surface area contributed by atoms with E-state index in [0.29, 0.717) is 17.4 Å². The van der Waals surface area contributed by atoms with Gasteiger partial charge in [0.05, 0.1) is 16.6 Å². The second kappa shape index (κ2) is 7.76. The van der Waals surface area contributed by atoms with Gasteiger partial charge >= 0.3 is 0 Å². The molecule has 0 unspecified atom stereocenters. The molecule has 0 aliphatic heterocycles. The van der Waals surface area contributed by atoms with Crippen molar-refractivity contribution in [2.24, 2.45) is 5.92 Å². The molecule has 5 rings (SSSR count). The zero-order valence-electron chi connectivity index (χ0n) is 16.7. The van der Waals surface area contributed by atoms with Crippen molar-refractivity contribution in [3.05, 3.63) is 71.7 Å². The maximum Gasteiger partial charge on any atom is 0.136 e. The predicted molar refractivity (Wildman–Crippen MR) is 112 cm³/mol. The molecule has 1 atom stereocenters. The first-order chi connectivity index (χ1) is 14.6. The first-order valence-electron chi connectivity index (χ1n) is 10.3. The Morgan fingerprint density at radius 1 is 0.967 bits per heavy atom. The summed E-state index contributed by atoms with van der Waals surface area (Å²) < 4.78 is 33.1. The van der Waals surface area contributed by atoms with Gasteiger partial charge in [-0.15, -0.1) is 0 Å². The molecule has 6 heteroatoms. The van der Waals surface area contributed by atoms with E-state index in [1.807, 2.05) is 12.3 Å². The van der Waals surface area contributed by atoms with Crippen LogP contribution in [-0.4, -0.2) is 22.1 Å². The molecule has 1 fully saturated rings. The van der Waals surface area contributed by atoms with E-state index >= 15 is 0 Å². The van der Waals surface area contributed by atoms with Crippen molar-refractivity contribution in [1.29, 1.82) is 0 Å². The van der Waals surface area contributed by atoms with Crippen LogP contribution in [0, 0.1) is 17.6 Å². The minimum atomic E-state index is -0.295. The van der Waals surface area contributed by atoms with Crippen LogP contribution in [0.4, 0.5) is 8.78 Å². The lowest BCUT2D eigenvalue weighted by Gasteiger charge is -2.33. The Labute approximate surface area is 173 Å². The molecule has 1 aliphatic rings. The number of imidazole rings is 1. The Balaban J connectivity index is 1.36. The highest BCUT2D eigenvalue weighted by atomic mass is 19.1. The van der Waals surface area contributed by atoms with E-state index in [0.717, 1.165) is 47.9 Å². The SMILES string of the molecule is CO[C@@H](c1nc2cc(F)ccc2[nH]1)C1CCC(c2ccnc3ccc(F)cc23)CC1. The molecular weight excluding hydrogens is 384 g/mol. The van der Waals surface area contributed by atoms with Crippen molar-refractivity contribution in [1.82, 2.24) is 15.0 Å². The smallest absolute Gasteiger partial charge is 0.136 e. The summed E-state index contributed by atoms with van der Waals surface area (Å²) in [6, 6.07) is 11.4. The lowest BCUT2D eigenvalue weighted by atomic mass is 9.76. The number of hydrogen-bond donors (Lipinski definition) is 1. The van der Waals surface area contributed by atoms with Gasteiger partial charge in [0.25, 0.3) is 0 Å². The zero-order valence-corrected chi connectivity index (χ0v) is 16.7. The Kier molecular flexibility index (Phi) is 4.95. The van der Waals surface area contributed by atoms with E-state index in [-0.39, 0.29) is 17.7 Å². The largest absolute Gasteiger partial charge is 0.373 e. The van der Waals surface area contributed by atoms with Gasteiger partial charge in [0.15, 0.2) is 0 Å². The minimum absolute atomic E-state index is 0.159. The number of ether oxygens (including phenoxy) is 1. The Bertz CT molecular complexity index is 1200. The van der Waals surface area contributed by atoms with Gasteiger partial charge in [-0.3, -0.25) is 4.98 Å². The number of fused-ring (bicyclic) bond motifs is 2. The third kappa shape index (κ3) is 3.45. The number of aromatic nitrogens is 3. The summed E-state index contributed by atoms with van der Waals surface area (Å²) in [4.78, 5) is 12.2. The van der Waals surface area contributed by atoms with E-state index in [2.05, 4.69) is 15.0 Å². The lowest BCUT2D eigenvalue weighted by Crippen LogP contribution is -2.22. The fourth-order valence-corrected chi connectivity index (χ4v) is 4.89.